The third kappa shape index (κ3) is 3.98. The summed E-state index contributed by atoms with van der Waals surface area (Å²) >= 11 is 5.56. The molecule has 3 heteroatoms. The molecule has 0 aliphatic heterocycles. The van der Waals surface area contributed by atoms with Crippen LogP contribution in [0.1, 0.15) is 40.5 Å². The Bertz CT molecular complexity index is 354. The summed E-state index contributed by atoms with van der Waals surface area (Å²) < 4.78 is 0. The Morgan fingerprint density at radius 3 is 2.06 bits per heavy atom. The van der Waals surface area contributed by atoms with Crippen LogP contribution in [-0.4, -0.2) is 22.1 Å². The molecule has 0 spiro atoms. The van der Waals surface area contributed by atoms with Crippen LogP contribution < -0.4 is 5.32 Å². The van der Waals surface area contributed by atoms with Gasteiger partial charge in [0.15, 0.2) is 5.11 Å². The molecule has 1 aromatic rings. The molecule has 0 fully saturated rings. The van der Waals surface area contributed by atoms with Crippen LogP contribution >= 0.6 is 12.2 Å². The molecule has 0 heterocycles. The topological polar surface area (TPSA) is 15.3 Å². The second-order valence-electron chi connectivity index (χ2n) is 4.72. The van der Waals surface area contributed by atoms with Crippen LogP contribution in [0.15, 0.2) is 30.3 Å². The SMILES string of the molecule is CCC(C)N(C(=S)Nc1ccccc1)C(C)CC. The summed E-state index contributed by atoms with van der Waals surface area (Å²) in [4.78, 5) is 2.31. The first-order valence-electron chi connectivity index (χ1n) is 6.74. The quantitative estimate of drug-likeness (QED) is 0.799. The van der Waals surface area contributed by atoms with Gasteiger partial charge in [-0.25, -0.2) is 0 Å². The zero-order valence-corrected chi connectivity index (χ0v) is 12.6. The molecule has 2 unspecified atom stereocenters. The lowest BCUT2D eigenvalue weighted by Crippen LogP contribution is -2.46. The number of nitrogens with one attached hydrogen (secondary N) is 1. The van der Waals surface area contributed by atoms with Gasteiger partial charge in [0.05, 0.1) is 0 Å². The molecule has 1 N–H and O–H groups in total. The van der Waals surface area contributed by atoms with Crippen LogP contribution in [0.25, 0.3) is 0 Å². The van der Waals surface area contributed by atoms with Crippen molar-refractivity contribution in [3.05, 3.63) is 30.3 Å². The lowest BCUT2D eigenvalue weighted by Gasteiger charge is -2.36. The van der Waals surface area contributed by atoms with Gasteiger partial charge in [-0.3, -0.25) is 0 Å². The molecule has 100 valence electrons. The van der Waals surface area contributed by atoms with Crippen molar-refractivity contribution >= 4 is 23.0 Å². The average Bonchev–Trinajstić information content (AvgIpc) is 2.39. The Hall–Kier alpha value is -1.09. The number of para-hydroxylation sites is 1. The second-order valence-corrected chi connectivity index (χ2v) is 5.10. The zero-order valence-electron chi connectivity index (χ0n) is 11.8. The molecule has 1 aromatic carbocycles. The van der Waals surface area contributed by atoms with E-state index in [4.69, 9.17) is 12.2 Å². The predicted octanol–water partition coefficient (Wildman–Crippen LogP) is 4.28. The van der Waals surface area contributed by atoms with E-state index in [1.54, 1.807) is 0 Å². The Morgan fingerprint density at radius 1 is 1.11 bits per heavy atom. The third-order valence-corrected chi connectivity index (χ3v) is 3.70. The standard InChI is InChI=1S/C15H24N2S/c1-5-12(3)17(13(4)6-2)15(18)16-14-10-8-7-9-11-14/h7-13H,5-6H2,1-4H3,(H,16,18). The number of benzene rings is 1. The van der Waals surface area contributed by atoms with Crippen LogP contribution in [0, 0.1) is 0 Å². The summed E-state index contributed by atoms with van der Waals surface area (Å²) in [7, 11) is 0. The number of anilines is 1. The first-order valence-corrected chi connectivity index (χ1v) is 7.15. The fraction of sp³-hybridized carbons (Fsp3) is 0.533. The molecule has 2 nitrogen and oxygen atoms in total. The first-order chi connectivity index (χ1) is 8.60. The van der Waals surface area contributed by atoms with Gasteiger partial charge in [0.1, 0.15) is 0 Å². The number of thiocarbonyl (C=S) groups is 1. The molecule has 0 amide bonds. The first kappa shape index (κ1) is 15.0. The molecule has 0 bridgehead atoms. The Kier molecular flexibility index (Phi) is 6.13. The highest BCUT2D eigenvalue weighted by molar-refractivity contribution is 7.80. The van der Waals surface area contributed by atoms with Gasteiger partial charge in [-0.1, -0.05) is 32.0 Å². The fourth-order valence-corrected chi connectivity index (χ4v) is 2.42. The fourth-order valence-electron chi connectivity index (χ4n) is 1.94. The summed E-state index contributed by atoms with van der Waals surface area (Å²) in [6.45, 7) is 8.85. The van der Waals surface area contributed by atoms with E-state index in [0.29, 0.717) is 12.1 Å². The smallest absolute Gasteiger partial charge is 0.173 e. The summed E-state index contributed by atoms with van der Waals surface area (Å²) in [5.41, 5.74) is 1.05. The molecule has 18 heavy (non-hydrogen) atoms. The number of nitrogens with zero attached hydrogens (tertiary/aromatic N) is 1. The molecule has 0 saturated heterocycles. The lowest BCUT2D eigenvalue weighted by molar-refractivity contribution is 0.254. The molecule has 0 aliphatic rings. The molecule has 0 radical (unpaired) electrons. The molecule has 0 saturated carbocycles. The van der Waals surface area contributed by atoms with Crippen molar-refractivity contribution in [2.45, 2.75) is 52.6 Å². The molecular weight excluding hydrogens is 240 g/mol. The maximum absolute atomic E-state index is 5.56. The average molecular weight is 264 g/mol. The normalized spacial score (nSPS) is 13.8. The zero-order chi connectivity index (χ0) is 13.5. The predicted molar refractivity (Wildman–Crippen MR) is 84.0 cm³/mol. The lowest BCUT2D eigenvalue weighted by atomic mass is 10.1. The van der Waals surface area contributed by atoms with Crippen LogP contribution in [0.4, 0.5) is 5.69 Å². The van der Waals surface area contributed by atoms with E-state index in [2.05, 4.69) is 37.9 Å². The van der Waals surface area contributed by atoms with Crippen molar-refractivity contribution in [1.82, 2.24) is 4.90 Å². The van der Waals surface area contributed by atoms with Crippen LogP contribution in [0.3, 0.4) is 0 Å². The Labute approximate surface area is 116 Å². The van der Waals surface area contributed by atoms with Crippen molar-refractivity contribution < 1.29 is 0 Å². The molecule has 0 aromatic heterocycles. The van der Waals surface area contributed by atoms with Crippen molar-refractivity contribution in [2.75, 3.05) is 5.32 Å². The van der Waals surface area contributed by atoms with E-state index in [1.807, 2.05) is 30.3 Å². The summed E-state index contributed by atoms with van der Waals surface area (Å²) in [5.74, 6) is 0. The van der Waals surface area contributed by atoms with E-state index in [9.17, 15) is 0 Å². The van der Waals surface area contributed by atoms with Gasteiger partial charge in [-0.05, 0) is 51.0 Å². The maximum atomic E-state index is 5.56. The number of hydrogen-bond donors (Lipinski definition) is 1. The van der Waals surface area contributed by atoms with E-state index in [-0.39, 0.29) is 0 Å². The van der Waals surface area contributed by atoms with Gasteiger partial charge in [-0.15, -0.1) is 0 Å². The van der Waals surface area contributed by atoms with Gasteiger partial charge < -0.3 is 10.2 Å². The van der Waals surface area contributed by atoms with Gasteiger partial charge >= 0.3 is 0 Å². The van der Waals surface area contributed by atoms with E-state index < -0.39 is 0 Å². The largest absolute Gasteiger partial charge is 0.344 e. The minimum Gasteiger partial charge on any atom is -0.344 e. The summed E-state index contributed by atoms with van der Waals surface area (Å²) in [6.07, 6.45) is 2.20. The minimum atomic E-state index is 0.462. The Balaban J connectivity index is 2.77. The van der Waals surface area contributed by atoms with Gasteiger partial charge in [-0.2, -0.15) is 0 Å². The van der Waals surface area contributed by atoms with Crippen LogP contribution in [0.5, 0.6) is 0 Å². The van der Waals surface area contributed by atoms with Crippen molar-refractivity contribution in [2.24, 2.45) is 0 Å². The highest BCUT2D eigenvalue weighted by atomic mass is 32.1. The van der Waals surface area contributed by atoms with Crippen molar-refractivity contribution in [3.8, 4) is 0 Å². The second kappa shape index (κ2) is 7.37. The van der Waals surface area contributed by atoms with Crippen molar-refractivity contribution in [3.63, 3.8) is 0 Å². The van der Waals surface area contributed by atoms with Gasteiger partial charge in [0, 0.05) is 17.8 Å². The summed E-state index contributed by atoms with van der Waals surface area (Å²) in [6, 6.07) is 11.0. The molecule has 2 atom stereocenters. The van der Waals surface area contributed by atoms with E-state index >= 15 is 0 Å². The van der Waals surface area contributed by atoms with Crippen LogP contribution in [-0.2, 0) is 0 Å². The van der Waals surface area contributed by atoms with Gasteiger partial charge in [0.2, 0.25) is 0 Å². The molecule has 0 aliphatic carbocycles. The summed E-state index contributed by atoms with van der Waals surface area (Å²) in [5, 5.41) is 4.15. The minimum absolute atomic E-state index is 0.462. The van der Waals surface area contributed by atoms with E-state index in [0.717, 1.165) is 23.6 Å². The highest BCUT2D eigenvalue weighted by Gasteiger charge is 2.20. The molecule has 1 rings (SSSR count). The number of hydrogen-bond acceptors (Lipinski definition) is 1. The highest BCUT2D eigenvalue weighted by Crippen LogP contribution is 2.15. The Morgan fingerprint density at radius 2 is 1.61 bits per heavy atom. The number of rotatable bonds is 5. The maximum Gasteiger partial charge on any atom is 0.173 e. The third-order valence-electron chi connectivity index (χ3n) is 3.39. The monoisotopic (exact) mass is 264 g/mol. The van der Waals surface area contributed by atoms with Crippen molar-refractivity contribution in [1.29, 1.82) is 0 Å². The van der Waals surface area contributed by atoms with Gasteiger partial charge in [0.25, 0.3) is 0 Å². The van der Waals surface area contributed by atoms with E-state index in [1.165, 1.54) is 0 Å². The molecular formula is C15H24N2S. The van der Waals surface area contributed by atoms with Crippen LogP contribution in [0.2, 0.25) is 0 Å².